The smallest absolute Gasteiger partial charge is 0.101 e. The summed E-state index contributed by atoms with van der Waals surface area (Å²) < 4.78 is 1.70. The molecule has 5 heteroatoms. The third-order valence-corrected chi connectivity index (χ3v) is 2.72. The largest absolute Gasteiger partial charge is 0.271 e. The van der Waals surface area contributed by atoms with Crippen molar-refractivity contribution in [3.63, 3.8) is 0 Å². The van der Waals surface area contributed by atoms with Crippen LogP contribution in [0.1, 0.15) is 25.1 Å². The number of nitrogens with two attached hydrogens (primary N) is 1. The first kappa shape index (κ1) is 8.65. The fourth-order valence-corrected chi connectivity index (χ4v) is 1.75. The van der Waals surface area contributed by atoms with Crippen LogP contribution in [0, 0.1) is 11.8 Å². The van der Waals surface area contributed by atoms with Crippen molar-refractivity contribution in [1.82, 2.24) is 20.4 Å². The summed E-state index contributed by atoms with van der Waals surface area (Å²) >= 11 is 0. The first-order valence-corrected chi connectivity index (χ1v) is 4.54. The van der Waals surface area contributed by atoms with Gasteiger partial charge in [0.05, 0.1) is 6.04 Å². The minimum atomic E-state index is 0.170. The number of aryl methyl sites for hydroxylation is 1. The van der Waals surface area contributed by atoms with Gasteiger partial charge in [-0.15, -0.1) is 5.10 Å². The molecule has 0 bridgehead atoms. The molecule has 3 unspecified atom stereocenters. The molecule has 5 nitrogen and oxygen atoms in total. The molecule has 0 saturated heterocycles. The maximum Gasteiger partial charge on any atom is 0.101 e. The summed E-state index contributed by atoms with van der Waals surface area (Å²) in [5, 5.41) is 7.94. The average Bonchev–Trinajstić information content (AvgIpc) is 2.62. The van der Waals surface area contributed by atoms with Gasteiger partial charge in [-0.3, -0.25) is 16.0 Å². The van der Waals surface area contributed by atoms with Gasteiger partial charge in [-0.05, 0) is 18.3 Å². The number of hydrazine groups is 1. The average molecular weight is 181 g/mol. The molecule has 0 aromatic carbocycles. The van der Waals surface area contributed by atoms with Crippen molar-refractivity contribution in [2.45, 2.75) is 19.4 Å². The quantitative estimate of drug-likeness (QED) is 0.508. The van der Waals surface area contributed by atoms with Crippen LogP contribution in [0.4, 0.5) is 0 Å². The Labute approximate surface area is 77.3 Å². The molecule has 1 heterocycles. The maximum atomic E-state index is 5.49. The zero-order chi connectivity index (χ0) is 9.42. The van der Waals surface area contributed by atoms with Crippen molar-refractivity contribution in [3.8, 4) is 0 Å². The van der Waals surface area contributed by atoms with Crippen molar-refractivity contribution in [3.05, 3.63) is 11.9 Å². The Morgan fingerprint density at radius 2 is 2.46 bits per heavy atom. The minimum absolute atomic E-state index is 0.170. The second-order valence-corrected chi connectivity index (χ2v) is 3.84. The Bertz CT molecular complexity index is 294. The van der Waals surface area contributed by atoms with E-state index < -0.39 is 0 Å². The SMILES string of the molecule is CC1CC1C(NN)c1cn(C)nn1. The lowest BCUT2D eigenvalue weighted by Crippen LogP contribution is -2.30. The number of rotatable bonds is 3. The van der Waals surface area contributed by atoms with Crippen LogP contribution in [-0.4, -0.2) is 15.0 Å². The van der Waals surface area contributed by atoms with Crippen molar-refractivity contribution in [1.29, 1.82) is 0 Å². The van der Waals surface area contributed by atoms with E-state index in [-0.39, 0.29) is 6.04 Å². The number of nitrogens with zero attached hydrogens (tertiary/aromatic N) is 3. The highest BCUT2D eigenvalue weighted by Gasteiger charge is 2.40. The molecule has 3 atom stereocenters. The second kappa shape index (κ2) is 3.08. The van der Waals surface area contributed by atoms with Crippen LogP contribution >= 0.6 is 0 Å². The van der Waals surface area contributed by atoms with E-state index in [1.165, 1.54) is 6.42 Å². The van der Waals surface area contributed by atoms with Crippen molar-refractivity contribution in [2.75, 3.05) is 0 Å². The molecule has 0 spiro atoms. The fourth-order valence-electron chi connectivity index (χ4n) is 1.75. The molecule has 1 saturated carbocycles. The Morgan fingerprint density at radius 1 is 1.77 bits per heavy atom. The maximum absolute atomic E-state index is 5.49. The topological polar surface area (TPSA) is 68.8 Å². The summed E-state index contributed by atoms with van der Waals surface area (Å²) in [6.07, 6.45) is 3.14. The number of hydrogen-bond donors (Lipinski definition) is 2. The number of aromatic nitrogens is 3. The first-order chi connectivity index (χ1) is 6.22. The van der Waals surface area contributed by atoms with Crippen molar-refractivity contribution < 1.29 is 0 Å². The van der Waals surface area contributed by atoms with Crippen LogP contribution in [0.15, 0.2) is 6.20 Å². The van der Waals surface area contributed by atoms with E-state index in [2.05, 4.69) is 22.7 Å². The van der Waals surface area contributed by atoms with Gasteiger partial charge in [-0.1, -0.05) is 12.1 Å². The Hall–Kier alpha value is -0.940. The summed E-state index contributed by atoms with van der Waals surface area (Å²) in [7, 11) is 1.86. The van der Waals surface area contributed by atoms with E-state index in [4.69, 9.17) is 5.84 Å². The Morgan fingerprint density at radius 3 is 2.85 bits per heavy atom. The molecular formula is C8H15N5. The molecule has 1 aromatic rings. The minimum Gasteiger partial charge on any atom is -0.271 e. The summed E-state index contributed by atoms with van der Waals surface area (Å²) in [6.45, 7) is 2.23. The lowest BCUT2D eigenvalue weighted by molar-refractivity contribution is 0.464. The van der Waals surface area contributed by atoms with E-state index in [1.54, 1.807) is 4.68 Å². The van der Waals surface area contributed by atoms with E-state index in [0.29, 0.717) is 5.92 Å². The van der Waals surface area contributed by atoms with E-state index in [0.717, 1.165) is 11.6 Å². The third-order valence-electron chi connectivity index (χ3n) is 2.72. The first-order valence-electron chi connectivity index (χ1n) is 4.54. The zero-order valence-corrected chi connectivity index (χ0v) is 7.94. The predicted octanol–water partition coefficient (Wildman–Crippen LogP) is -0.0245. The normalized spacial score (nSPS) is 28.8. The molecule has 1 aromatic heterocycles. The van der Waals surface area contributed by atoms with E-state index in [1.807, 2.05) is 13.2 Å². The third kappa shape index (κ3) is 1.57. The molecule has 1 fully saturated rings. The zero-order valence-electron chi connectivity index (χ0n) is 7.94. The van der Waals surface area contributed by atoms with Crippen molar-refractivity contribution in [2.24, 2.45) is 24.7 Å². The highest BCUT2D eigenvalue weighted by molar-refractivity contribution is 5.07. The number of nitrogens with one attached hydrogen (secondary N) is 1. The molecule has 0 amide bonds. The molecule has 3 N–H and O–H groups in total. The van der Waals surface area contributed by atoms with Crippen LogP contribution in [0.3, 0.4) is 0 Å². The fraction of sp³-hybridized carbons (Fsp3) is 0.750. The van der Waals surface area contributed by atoms with Gasteiger partial charge >= 0.3 is 0 Å². The molecule has 13 heavy (non-hydrogen) atoms. The molecule has 2 rings (SSSR count). The van der Waals surface area contributed by atoms with E-state index in [9.17, 15) is 0 Å². The van der Waals surface area contributed by atoms with Gasteiger partial charge in [0.1, 0.15) is 5.69 Å². The molecule has 0 radical (unpaired) electrons. The van der Waals surface area contributed by atoms with Crippen LogP contribution in [0.5, 0.6) is 0 Å². The lowest BCUT2D eigenvalue weighted by atomic mass is 10.1. The van der Waals surface area contributed by atoms with Gasteiger partial charge in [0.2, 0.25) is 0 Å². The van der Waals surface area contributed by atoms with Gasteiger partial charge in [-0.25, -0.2) is 0 Å². The van der Waals surface area contributed by atoms with Gasteiger partial charge < -0.3 is 0 Å². The highest BCUT2D eigenvalue weighted by atomic mass is 15.4. The highest BCUT2D eigenvalue weighted by Crippen LogP contribution is 2.45. The van der Waals surface area contributed by atoms with Crippen molar-refractivity contribution >= 4 is 0 Å². The van der Waals surface area contributed by atoms with Gasteiger partial charge in [0, 0.05) is 13.2 Å². The lowest BCUT2D eigenvalue weighted by Gasteiger charge is -2.11. The van der Waals surface area contributed by atoms with E-state index >= 15 is 0 Å². The summed E-state index contributed by atoms with van der Waals surface area (Å²) in [6, 6.07) is 0.170. The van der Waals surface area contributed by atoms with Crippen LogP contribution in [0.25, 0.3) is 0 Å². The van der Waals surface area contributed by atoms with Gasteiger partial charge in [0.25, 0.3) is 0 Å². The van der Waals surface area contributed by atoms with Gasteiger partial charge in [-0.2, -0.15) is 0 Å². The standard InChI is InChI=1S/C8H15N5/c1-5-3-6(5)8(10-9)7-4-13(2)12-11-7/h4-6,8,10H,3,9H2,1-2H3. The Balaban J connectivity index is 2.13. The molecule has 1 aliphatic carbocycles. The monoisotopic (exact) mass is 181 g/mol. The predicted molar refractivity (Wildman–Crippen MR) is 48.3 cm³/mol. The van der Waals surface area contributed by atoms with Crippen LogP contribution < -0.4 is 11.3 Å². The molecule has 72 valence electrons. The molecule has 0 aliphatic heterocycles. The van der Waals surface area contributed by atoms with Crippen LogP contribution in [0.2, 0.25) is 0 Å². The molecular weight excluding hydrogens is 166 g/mol. The van der Waals surface area contributed by atoms with Gasteiger partial charge in [0.15, 0.2) is 0 Å². The molecule has 1 aliphatic rings. The summed E-state index contributed by atoms with van der Waals surface area (Å²) in [4.78, 5) is 0. The Kier molecular flexibility index (Phi) is 2.05. The summed E-state index contributed by atoms with van der Waals surface area (Å²) in [5.74, 6) is 6.87. The van der Waals surface area contributed by atoms with Crippen LogP contribution in [-0.2, 0) is 7.05 Å². The summed E-state index contributed by atoms with van der Waals surface area (Å²) in [5.41, 5.74) is 3.75. The second-order valence-electron chi connectivity index (χ2n) is 3.84. The number of hydrogen-bond acceptors (Lipinski definition) is 4.